The van der Waals surface area contributed by atoms with Gasteiger partial charge >= 0.3 is 0 Å². The van der Waals surface area contributed by atoms with Crippen molar-refractivity contribution in [1.29, 1.82) is 0 Å². The van der Waals surface area contributed by atoms with E-state index in [1.165, 1.54) is 43.8 Å². The van der Waals surface area contributed by atoms with Crippen LogP contribution < -0.4 is 0 Å². The minimum Gasteiger partial charge on any atom is -0.0616 e. The predicted octanol–water partition coefficient (Wildman–Crippen LogP) is 8.09. The molecule has 0 heterocycles. The van der Waals surface area contributed by atoms with E-state index >= 15 is 0 Å². The second-order valence-electron chi connectivity index (χ2n) is 6.85. The molecule has 0 unspecified atom stereocenters. The first-order valence-electron chi connectivity index (χ1n) is 9.05. The first-order chi connectivity index (χ1) is 13.3. The maximum atomic E-state index is 3.71. The molecule has 0 aromatic heterocycles. The minimum absolute atomic E-state index is 1.09. The number of benzene rings is 5. The van der Waals surface area contributed by atoms with E-state index in [2.05, 4.69) is 119 Å². The van der Waals surface area contributed by atoms with Crippen LogP contribution in [0.15, 0.2) is 108 Å². The Hall–Kier alpha value is -2.90. The molecule has 128 valence electrons. The molecule has 0 spiro atoms. The summed E-state index contributed by atoms with van der Waals surface area (Å²) in [5, 5.41) is 5.07. The van der Waals surface area contributed by atoms with Crippen LogP contribution in [0.4, 0.5) is 0 Å². The van der Waals surface area contributed by atoms with Crippen molar-refractivity contribution in [1.82, 2.24) is 0 Å². The molecule has 0 fully saturated rings. The Morgan fingerprint density at radius 2 is 0.815 bits per heavy atom. The molecule has 5 rings (SSSR count). The average molecular weight is 409 g/mol. The highest BCUT2D eigenvalue weighted by molar-refractivity contribution is 9.10. The van der Waals surface area contributed by atoms with Crippen molar-refractivity contribution < 1.29 is 0 Å². The summed E-state index contributed by atoms with van der Waals surface area (Å²) in [7, 11) is 0. The monoisotopic (exact) mass is 408 g/mol. The third-order valence-electron chi connectivity index (χ3n) is 5.06. The largest absolute Gasteiger partial charge is 0.0616 e. The smallest absolute Gasteiger partial charge is 0.0187 e. The van der Waals surface area contributed by atoms with Crippen molar-refractivity contribution in [2.45, 2.75) is 0 Å². The molecule has 0 atom stereocenters. The normalized spacial score (nSPS) is 11.1. The molecule has 0 bridgehead atoms. The summed E-state index contributed by atoms with van der Waals surface area (Å²) in [4.78, 5) is 0. The Morgan fingerprint density at radius 1 is 0.370 bits per heavy atom. The van der Waals surface area contributed by atoms with Gasteiger partial charge < -0.3 is 0 Å². The van der Waals surface area contributed by atoms with Gasteiger partial charge in [0, 0.05) is 4.47 Å². The molecule has 0 saturated carbocycles. The topological polar surface area (TPSA) is 0 Å². The molecule has 0 aliphatic carbocycles. The van der Waals surface area contributed by atoms with Gasteiger partial charge in [0.2, 0.25) is 0 Å². The van der Waals surface area contributed by atoms with Gasteiger partial charge in [0.05, 0.1) is 0 Å². The van der Waals surface area contributed by atoms with Crippen LogP contribution in [0, 0.1) is 0 Å². The van der Waals surface area contributed by atoms with Crippen LogP contribution >= 0.6 is 15.9 Å². The summed E-state index contributed by atoms with van der Waals surface area (Å²) in [6, 6.07) is 37.0. The van der Waals surface area contributed by atoms with Gasteiger partial charge in [-0.15, -0.1) is 0 Å². The molecule has 27 heavy (non-hydrogen) atoms. The van der Waals surface area contributed by atoms with Gasteiger partial charge in [-0.05, 0) is 74.1 Å². The van der Waals surface area contributed by atoms with Crippen molar-refractivity contribution >= 4 is 37.5 Å². The fourth-order valence-corrected chi connectivity index (χ4v) is 4.15. The van der Waals surface area contributed by atoms with E-state index in [9.17, 15) is 0 Å². The molecule has 0 nitrogen and oxygen atoms in total. The van der Waals surface area contributed by atoms with Gasteiger partial charge in [0.1, 0.15) is 0 Å². The zero-order chi connectivity index (χ0) is 18.2. The van der Waals surface area contributed by atoms with E-state index in [4.69, 9.17) is 0 Å². The fourth-order valence-electron chi connectivity index (χ4n) is 3.66. The Balaban J connectivity index is 1.64. The number of hydrogen-bond acceptors (Lipinski definition) is 0. The number of rotatable bonds is 2. The molecule has 0 N–H and O–H groups in total. The maximum Gasteiger partial charge on any atom is 0.0187 e. The van der Waals surface area contributed by atoms with E-state index in [0.29, 0.717) is 0 Å². The summed E-state index contributed by atoms with van der Waals surface area (Å²) < 4.78 is 1.09. The lowest BCUT2D eigenvalue weighted by molar-refractivity contribution is 1.58. The average Bonchev–Trinajstić information content (AvgIpc) is 2.72. The van der Waals surface area contributed by atoms with Gasteiger partial charge in [0.25, 0.3) is 0 Å². The Bertz CT molecular complexity index is 1190. The van der Waals surface area contributed by atoms with Gasteiger partial charge in [-0.3, -0.25) is 0 Å². The molecule has 0 saturated heterocycles. The van der Waals surface area contributed by atoms with E-state index in [-0.39, 0.29) is 0 Å². The van der Waals surface area contributed by atoms with Crippen LogP contribution in [0.2, 0.25) is 0 Å². The molecule has 0 radical (unpaired) electrons. The van der Waals surface area contributed by atoms with Crippen molar-refractivity contribution in [2.24, 2.45) is 0 Å². The summed E-state index contributed by atoms with van der Waals surface area (Å²) in [5.41, 5.74) is 4.91. The molecule has 0 aliphatic heterocycles. The summed E-state index contributed by atoms with van der Waals surface area (Å²) in [5.74, 6) is 0. The highest BCUT2D eigenvalue weighted by Crippen LogP contribution is 2.33. The molecular formula is C26H17Br. The maximum absolute atomic E-state index is 3.71. The second kappa shape index (κ2) is 6.68. The van der Waals surface area contributed by atoms with E-state index in [1.807, 2.05) is 0 Å². The Morgan fingerprint density at radius 3 is 1.30 bits per heavy atom. The number of halogens is 1. The summed E-state index contributed by atoms with van der Waals surface area (Å²) >= 11 is 3.71. The van der Waals surface area contributed by atoms with Crippen molar-refractivity contribution in [3.63, 3.8) is 0 Å². The van der Waals surface area contributed by atoms with Crippen LogP contribution in [0.3, 0.4) is 0 Å². The van der Waals surface area contributed by atoms with Crippen LogP contribution in [-0.2, 0) is 0 Å². The molecule has 5 aromatic rings. The third kappa shape index (κ3) is 3.15. The first kappa shape index (κ1) is 16.3. The number of fused-ring (bicyclic) bond motifs is 2. The Labute approximate surface area is 167 Å². The zero-order valence-electron chi connectivity index (χ0n) is 14.7. The van der Waals surface area contributed by atoms with Crippen molar-refractivity contribution in [3.8, 4) is 22.3 Å². The van der Waals surface area contributed by atoms with E-state index in [1.54, 1.807) is 0 Å². The van der Waals surface area contributed by atoms with Crippen LogP contribution in [0.5, 0.6) is 0 Å². The quantitative estimate of drug-likeness (QED) is 0.276. The van der Waals surface area contributed by atoms with Gasteiger partial charge in [-0.2, -0.15) is 0 Å². The van der Waals surface area contributed by atoms with Crippen LogP contribution in [-0.4, -0.2) is 0 Å². The fraction of sp³-hybridized carbons (Fsp3) is 0. The van der Waals surface area contributed by atoms with Crippen LogP contribution in [0.25, 0.3) is 43.8 Å². The lowest BCUT2D eigenvalue weighted by atomic mass is 9.96. The summed E-state index contributed by atoms with van der Waals surface area (Å²) in [6.45, 7) is 0. The standard InChI is InChI=1S/C26H17Br/c27-26-16-24(22-11-9-18-5-1-3-7-20(18)13-22)15-25(17-26)23-12-10-19-6-2-4-8-21(19)14-23/h1-17H. The minimum atomic E-state index is 1.09. The van der Waals surface area contributed by atoms with Gasteiger partial charge in [0.15, 0.2) is 0 Å². The van der Waals surface area contributed by atoms with Gasteiger partial charge in [-0.25, -0.2) is 0 Å². The third-order valence-corrected chi connectivity index (χ3v) is 5.52. The molecule has 1 heteroatoms. The number of hydrogen-bond donors (Lipinski definition) is 0. The SMILES string of the molecule is Brc1cc(-c2ccc3ccccc3c2)cc(-c2ccc3ccccc3c2)c1. The van der Waals surface area contributed by atoms with E-state index in [0.717, 1.165) is 4.47 Å². The first-order valence-corrected chi connectivity index (χ1v) is 9.84. The van der Waals surface area contributed by atoms with Crippen molar-refractivity contribution in [3.05, 3.63) is 108 Å². The second-order valence-corrected chi connectivity index (χ2v) is 7.77. The predicted molar refractivity (Wildman–Crippen MR) is 120 cm³/mol. The lowest BCUT2D eigenvalue weighted by Crippen LogP contribution is -1.84. The lowest BCUT2D eigenvalue weighted by Gasteiger charge is -2.10. The van der Waals surface area contributed by atoms with Crippen molar-refractivity contribution in [2.75, 3.05) is 0 Å². The zero-order valence-corrected chi connectivity index (χ0v) is 16.3. The molecule has 0 aliphatic rings. The molecule has 5 aromatic carbocycles. The summed E-state index contributed by atoms with van der Waals surface area (Å²) in [6.07, 6.45) is 0. The van der Waals surface area contributed by atoms with Gasteiger partial charge in [-0.1, -0.05) is 88.7 Å². The highest BCUT2D eigenvalue weighted by atomic mass is 79.9. The molecular weight excluding hydrogens is 392 g/mol. The van der Waals surface area contributed by atoms with E-state index < -0.39 is 0 Å². The Kier molecular flexibility index (Phi) is 4.03. The van der Waals surface area contributed by atoms with Crippen LogP contribution in [0.1, 0.15) is 0 Å². The molecule has 0 amide bonds. The highest BCUT2D eigenvalue weighted by Gasteiger charge is 2.06.